The van der Waals surface area contributed by atoms with Crippen molar-refractivity contribution in [2.45, 2.75) is 50.5 Å². The SMILES string of the molecule is CC(O)CCNC(=O)C1CC12CCCc1ccccc12. The predicted octanol–water partition coefficient (Wildman–Crippen LogP) is 2.17. The van der Waals surface area contributed by atoms with Crippen LogP contribution in [-0.4, -0.2) is 23.7 Å². The number of fused-ring (bicyclic) bond motifs is 2. The second-order valence-electron chi connectivity index (χ2n) is 6.35. The third-order valence-electron chi connectivity index (χ3n) is 4.88. The molecule has 0 heterocycles. The molecule has 0 radical (unpaired) electrons. The zero-order valence-electron chi connectivity index (χ0n) is 12.1. The number of aliphatic hydroxyl groups is 1. The number of aryl methyl sites for hydroxylation is 1. The number of nitrogens with one attached hydrogen (secondary N) is 1. The van der Waals surface area contributed by atoms with Crippen molar-refractivity contribution in [1.82, 2.24) is 5.32 Å². The molecule has 3 nitrogen and oxygen atoms in total. The van der Waals surface area contributed by atoms with Crippen molar-refractivity contribution in [2.75, 3.05) is 6.54 Å². The number of amides is 1. The van der Waals surface area contributed by atoms with E-state index in [9.17, 15) is 9.90 Å². The van der Waals surface area contributed by atoms with Crippen LogP contribution < -0.4 is 5.32 Å². The summed E-state index contributed by atoms with van der Waals surface area (Å²) in [5, 5.41) is 12.2. The van der Waals surface area contributed by atoms with Gasteiger partial charge in [0, 0.05) is 17.9 Å². The largest absolute Gasteiger partial charge is 0.393 e. The molecule has 3 atom stereocenters. The van der Waals surface area contributed by atoms with Gasteiger partial charge in [0.05, 0.1) is 6.10 Å². The maximum absolute atomic E-state index is 12.3. The van der Waals surface area contributed by atoms with Crippen LogP contribution in [0.2, 0.25) is 0 Å². The lowest BCUT2D eigenvalue weighted by Crippen LogP contribution is -2.31. The van der Waals surface area contributed by atoms with Gasteiger partial charge in [-0.05, 0) is 50.2 Å². The van der Waals surface area contributed by atoms with Crippen LogP contribution in [0.1, 0.15) is 43.7 Å². The van der Waals surface area contributed by atoms with E-state index in [1.165, 1.54) is 17.5 Å². The summed E-state index contributed by atoms with van der Waals surface area (Å²) in [5.41, 5.74) is 2.95. The zero-order chi connectivity index (χ0) is 14.2. The van der Waals surface area contributed by atoms with E-state index in [1.54, 1.807) is 6.92 Å². The monoisotopic (exact) mass is 273 g/mol. The molecule has 2 N–H and O–H groups in total. The highest BCUT2D eigenvalue weighted by molar-refractivity contribution is 5.84. The molecule has 1 aromatic rings. The van der Waals surface area contributed by atoms with Crippen LogP contribution in [0.15, 0.2) is 24.3 Å². The number of hydrogen-bond donors (Lipinski definition) is 2. The summed E-state index contributed by atoms with van der Waals surface area (Å²) in [6, 6.07) is 8.60. The molecule has 0 aromatic heterocycles. The molecule has 2 aliphatic rings. The van der Waals surface area contributed by atoms with E-state index < -0.39 is 0 Å². The smallest absolute Gasteiger partial charge is 0.224 e. The Bertz CT molecular complexity index is 511. The molecule has 0 saturated heterocycles. The van der Waals surface area contributed by atoms with Gasteiger partial charge in [0.2, 0.25) is 5.91 Å². The van der Waals surface area contributed by atoms with Gasteiger partial charge in [-0.3, -0.25) is 4.79 Å². The first-order valence-electron chi connectivity index (χ1n) is 7.68. The number of rotatable bonds is 4. The molecule has 3 rings (SSSR count). The van der Waals surface area contributed by atoms with Crippen molar-refractivity contribution in [2.24, 2.45) is 5.92 Å². The van der Waals surface area contributed by atoms with Gasteiger partial charge >= 0.3 is 0 Å². The Morgan fingerprint density at radius 2 is 2.30 bits per heavy atom. The first-order valence-corrected chi connectivity index (χ1v) is 7.68. The van der Waals surface area contributed by atoms with Gasteiger partial charge in [-0.15, -0.1) is 0 Å². The van der Waals surface area contributed by atoms with E-state index in [2.05, 4.69) is 29.6 Å². The van der Waals surface area contributed by atoms with Gasteiger partial charge in [0.1, 0.15) is 0 Å². The first-order chi connectivity index (χ1) is 9.63. The molecule has 1 fully saturated rings. The molecule has 2 aliphatic carbocycles. The van der Waals surface area contributed by atoms with E-state index in [4.69, 9.17) is 0 Å². The van der Waals surface area contributed by atoms with Crippen LogP contribution in [0.5, 0.6) is 0 Å². The van der Waals surface area contributed by atoms with E-state index >= 15 is 0 Å². The van der Waals surface area contributed by atoms with Gasteiger partial charge in [0.25, 0.3) is 0 Å². The Labute approximate surface area is 120 Å². The lowest BCUT2D eigenvalue weighted by atomic mass is 9.78. The first kappa shape index (κ1) is 13.6. The number of aliphatic hydroxyl groups excluding tert-OH is 1. The van der Waals surface area contributed by atoms with E-state index in [0.29, 0.717) is 13.0 Å². The van der Waals surface area contributed by atoms with Crippen LogP contribution in [0, 0.1) is 5.92 Å². The van der Waals surface area contributed by atoms with Crippen LogP contribution in [0.4, 0.5) is 0 Å². The van der Waals surface area contributed by atoms with Gasteiger partial charge in [-0.1, -0.05) is 24.3 Å². The molecule has 0 aliphatic heterocycles. The predicted molar refractivity (Wildman–Crippen MR) is 78.5 cm³/mol. The molecular formula is C17H23NO2. The highest BCUT2D eigenvalue weighted by Crippen LogP contribution is 2.60. The number of carbonyl (C=O) groups is 1. The second-order valence-corrected chi connectivity index (χ2v) is 6.35. The molecule has 20 heavy (non-hydrogen) atoms. The highest BCUT2D eigenvalue weighted by atomic mass is 16.3. The van der Waals surface area contributed by atoms with E-state index in [0.717, 1.165) is 19.3 Å². The topological polar surface area (TPSA) is 49.3 Å². The quantitative estimate of drug-likeness (QED) is 0.883. The third kappa shape index (κ3) is 2.35. The summed E-state index contributed by atoms with van der Waals surface area (Å²) < 4.78 is 0. The van der Waals surface area contributed by atoms with E-state index in [-0.39, 0.29) is 23.3 Å². The standard InChI is InChI=1S/C17H23NO2/c1-12(19)8-10-18-16(20)15-11-17(15)9-4-6-13-5-2-3-7-14(13)17/h2-3,5,7,12,15,19H,4,6,8-11H2,1H3,(H,18,20). The van der Waals surface area contributed by atoms with Crippen LogP contribution in [0.25, 0.3) is 0 Å². The Hall–Kier alpha value is -1.35. The van der Waals surface area contributed by atoms with Crippen molar-refractivity contribution < 1.29 is 9.90 Å². The van der Waals surface area contributed by atoms with Crippen molar-refractivity contribution in [1.29, 1.82) is 0 Å². The molecule has 108 valence electrons. The number of carbonyl (C=O) groups excluding carboxylic acids is 1. The minimum Gasteiger partial charge on any atom is -0.393 e. The summed E-state index contributed by atoms with van der Waals surface area (Å²) >= 11 is 0. The summed E-state index contributed by atoms with van der Waals surface area (Å²) in [4.78, 5) is 12.3. The summed E-state index contributed by atoms with van der Waals surface area (Å²) in [6.45, 7) is 2.33. The van der Waals surface area contributed by atoms with Crippen molar-refractivity contribution >= 4 is 5.91 Å². The fraction of sp³-hybridized carbons (Fsp3) is 0.588. The minimum atomic E-state index is -0.348. The fourth-order valence-electron chi connectivity index (χ4n) is 3.70. The second kappa shape index (κ2) is 5.21. The van der Waals surface area contributed by atoms with Crippen molar-refractivity contribution in [3.8, 4) is 0 Å². The molecular weight excluding hydrogens is 250 g/mol. The zero-order valence-corrected chi connectivity index (χ0v) is 12.1. The van der Waals surface area contributed by atoms with Crippen molar-refractivity contribution in [3.05, 3.63) is 35.4 Å². The Morgan fingerprint density at radius 1 is 1.50 bits per heavy atom. The average molecular weight is 273 g/mol. The van der Waals surface area contributed by atoms with Crippen LogP contribution >= 0.6 is 0 Å². The lowest BCUT2D eigenvalue weighted by molar-refractivity contribution is -0.122. The van der Waals surface area contributed by atoms with E-state index in [1.807, 2.05) is 0 Å². The maximum Gasteiger partial charge on any atom is 0.224 e. The molecule has 3 heteroatoms. The normalized spacial score (nSPS) is 28.8. The van der Waals surface area contributed by atoms with Crippen LogP contribution in [-0.2, 0) is 16.6 Å². The highest BCUT2D eigenvalue weighted by Gasteiger charge is 2.59. The molecule has 1 aromatic carbocycles. The minimum absolute atomic E-state index is 0.115. The van der Waals surface area contributed by atoms with Gasteiger partial charge in [-0.25, -0.2) is 0 Å². The average Bonchev–Trinajstić information content (AvgIpc) is 3.14. The summed E-state index contributed by atoms with van der Waals surface area (Å²) in [5.74, 6) is 0.306. The molecule has 1 saturated carbocycles. The van der Waals surface area contributed by atoms with Gasteiger partial charge < -0.3 is 10.4 Å². The van der Waals surface area contributed by atoms with Gasteiger partial charge in [0.15, 0.2) is 0 Å². The van der Waals surface area contributed by atoms with Gasteiger partial charge in [-0.2, -0.15) is 0 Å². The van der Waals surface area contributed by atoms with Crippen LogP contribution in [0.3, 0.4) is 0 Å². The molecule has 1 amide bonds. The Balaban J connectivity index is 1.67. The molecule has 1 spiro atoms. The lowest BCUT2D eigenvalue weighted by Gasteiger charge is -2.26. The van der Waals surface area contributed by atoms with Crippen molar-refractivity contribution in [3.63, 3.8) is 0 Å². The molecule has 0 bridgehead atoms. The fourth-order valence-corrected chi connectivity index (χ4v) is 3.70. The summed E-state index contributed by atoms with van der Waals surface area (Å²) in [6.07, 6.45) is 4.74. The third-order valence-corrected chi connectivity index (χ3v) is 4.88. The Kier molecular flexibility index (Phi) is 3.55. The maximum atomic E-state index is 12.3. The molecule has 3 unspecified atom stereocenters. The number of hydrogen-bond acceptors (Lipinski definition) is 2. The summed E-state index contributed by atoms with van der Waals surface area (Å²) in [7, 11) is 0. The number of benzene rings is 1. The Morgan fingerprint density at radius 3 is 3.10 bits per heavy atom.